The van der Waals surface area contributed by atoms with Crippen molar-refractivity contribution in [3.05, 3.63) is 89.3 Å². The van der Waals surface area contributed by atoms with Crippen LogP contribution >= 0.6 is 11.8 Å². The van der Waals surface area contributed by atoms with Crippen LogP contribution in [0.5, 0.6) is 0 Å². The molecule has 0 saturated heterocycles. The number of rotatable bonds is 5. The molecule has 6 nitrogen and oxygen atoms in total. The first-order valence-corrected chi connectivity index (χ1v) is 13.3. The smallest absolute Gasteiger partial charge is 0.253 e. The van der Waals surface area contributed by atoms with Gasteiger partial charge in [-0.1, -0.05) is 30.0 Å². The Bertz CT molecular complexity index is 1470. The Kier molecular flexibility index (Phi) is 6.01. The Balaban J connectivity index is 1.29. The summed E-state index contributed by atoms with van der Waals surface area (Å²) in [6.45, 7) is 4.16. The van der Waals surface area contributed by atoms with E-state index in [1.54, 1.807) is 17.5 Å². The van der Waals surface area contributed by atoms with Crippen molar-refractivity contribution < 1.29 is 13.6 Å². The molecule has 7 heteroatoms. The summed E-state index contributed by atoms with van der Waals surface area (Å²) in [4.78, 5) is 18.4. The molecule has 4 aromatic rings. The highest BCUT2D eigenvalue weighted by molar-refractivity contribution is 7.99. The van der Waals surface area contributed by atoms with Crippen molar-refractivity contribution in [3.8, 4) is 0 Å². The monoisotopic (exact) mass is 497 g/mol. The van der Waals surface area contributed by atoms with E-state index in [0.29, 0.717) is 0 Å². The Morgan fingerprint density at radius 3 is 2.78 bits per heavy atom. The molecule has 2 aliphatic rings. The SMILES string of the molecule is Cc1cc(SCC(=O)N2N=C3C(=Cc4ccco4)CCCC3C2c2ccco2)nc2c(C)cccc12. The summed E-state index contributed by atoms with van der Waals surface area (Å²) >= 11 is 1.46. The molecule has 0 spiro atoms. The van der Waals surface area contributed by atoms with Gasteiger partial charge in [-0.05, 0) is 86.2 Å². The number of amides is 1. The van der Waals surface area contributed by atoms with Gasteiger partial charge in [-0.2, -0.15) is 5.10 Å². The van der Waals surface area contributed by atoms with Crippen molar-refractivity contribution in [3.63, 3.8) is 0 Å². The molecule has 182 valence electrons. The summed E-state index contributed by atoms with van der Waals surface area (Å²) in [7, 11) is 0. The lowest BCUT2D eigenvalue weighted by Crippen LogP contribution is -2.32. The highest BCUT2D eigenvalue weighted by atomic mass is 32.2. The normalized spacial score (nSPS) is 20.7. The van der Waals surface area contributed by atoms with E-state index in [2.05, 4.69) is 44.2 Å². The molecule has 0 radical (unpaired) electrons. The fourth-order valence-corrected chi connectivity index (χ4v) is 6.12. The van der Waals surface area contributed by atoms with Crippen molar-refractivity contribution in [2.45, 2.75) is 44.2 Å². The summed E-state index contributed by atoms with van der Waals surface area (Å²) in [6, 6.07) is 15.7. The fraction of sp³-hybridized carbons (Fsp3) is 0.276. The van der Waals surface area contributed by atoms with Crippen molar-refractivity contribution in [1.82, 2.24) is 9.99 Å². The number of para-hydroxylation sites is 1. The highest BCUT2D eigenvalue weighted by Gasteiger charge is 2.45. The number of carbonyl (C=O) groups excluding carboxylic acids is 1. The minimum absolute atomic E-state index is 0.0509. The summed E-state index contributed by atoms with van der Waals surface area (Å²) < 4.78 is 11.4. The maximum absolute atomic E-state index is 13.6. The second-order valence-electron chi connectivity index (χ2n) is 9.40. The summed E-state index contributed by atoms with van der Waals surface area (Å²) in [5.41, 5.74) is 5.37. The third-order valence-corrected chi connectivity index (χ3v) is 7.92. The number of fused-ring (bicyclic) bond motifs is 2. The molecule has 36 heavy (non-hydrogen) atoms. The van der Waals surface area contributed by atoms with Crippen LogP contribution in [-0.2, 0) is 4.79 Å². The van der Waals surface area contributed by atoms with Gasteiger partial charge >= 0.3 is 0 Å². The number of benzene rings is 1. The van der Waals surface area contributed by atoms with Crippen LogP contribution in [0.25, 0.3) is 17.0 Å². The van der Waals surface area contributed by atoms with Crippen molar-refractivity contribution >= 4 is 40.4 Å². The predicted octanol–water partition coefficient (Wildman–Crippen LogP) is 6.95. The molecule has 2 atom stereocenters. The number of hydrogen-bond donors (Lipinski definition) is 0. The van der Waals surface area contributed by atoms with Gasteiger partial charge < -0.3 is 8.83 Å². The summed E-state index contributed by atoms with van der Waals surface area (Å²) in [5.74, 6) is 1.87. The zero-order chi connectivity index (χ0) is 24.6. The number of thioether (sulfide) groups is 1. The molecule has 0 N–H and O–H groups in total. The van der Waals surface area contributed by atoms with Crippen LogP contribution in [0.1, 0.15) is 48.0 Å². The largest absolute Gasteiger partial charge is 0.467 e. The van der Waals surface area contributed by atoms with Gasteiger partial charge in [0.1, 0.15) is 17.6 Å². The molecular formula is C29H27N3O3S. The van der Waals surface area contributed by atoms with E-state index in [0.717, 1.165) is 69.1 Å². The lowest BCUT2D eigenvalue weighted by Gasteiger charge is -2.27. The zero-order valence-electron chi connectivity index (χ0n) is 20.3. The molecule has 0 bridgehead atoms. The topological polar surface area (TPSA) is 71.8 Å². The average molecular weight is 498 g/mol. The van der Waals surface area contributed by atoms with E-state index in [9.17, 15) is 4.79 Å². The van der Waals surface area contributed by atoms with E-state index >= 15 is 0 Å². The van der Waals surface area contributed by atoms with Gasteiger partial charge in [-0.15, -0.1) is 0 Å². The van der Waals surface area contributed by atoms with Crippen molar-refractivity contribution in [2.24, 2.45) is 11.0 Å². The Hall–Kier alpha value is -3.58. The molecule has 1 saturated carbocycles. The van der Waals surface area contributed by atoms with E-state index in [-0.39, 0.29) is 23.6 Å². The van der Waals surface area contributed by atoms with Gasteiger partial charge in [0.2, 0.25) is 0 Å². The van der Waals surface area contributed by atoms with Crippen LogP contribution in [0.15, 0.2) is 85.6 Å². The van der Waals surface area contributed by atoms with Gasteiger partial charge in [0.05, 0.1) is 34.5 Å². The molecule has 2 unspecified atom stereocenters. The first kappa shape index (κ1) is 22.9. The lowest BCUT2D eigenvalue weighted by atomic mass is 9.79. The number of pyridine rings is 1. The highest BCUT2D eigenvalue weighted by Crippen LogP contribution is 2.44. The second-order valence-corrected chi connectivity index (χ2v) is 10.4. The number of nitrogens with zero attached hydrogens (tertiary/aromatic N) is 3. The third kappa shape index (κ3) is 4.17. The molecule has 1 aromatic carbocycles. The molecular weight excluding hydrogens is 470 g/mol. The average Bonchev–Trinajstić information content (AvgIpc) is 3.64. The summed E-state index contributed by atoms with van der Waals surface area (Å²) in [6.07, 6.45) is 8.29. The molecule has 4 heterocycles. The second kappa shape index (κ2) is 9.47. The van der Waals surface area contributed by atoms with Crippen LogP contribution in [0.3, 0.4) is 0 Å². The van der Waals surface area contributed by atoms with Crippen LogP contribution in [-0.4, -0.2) is 27.4 Å². The fourth-order valence-electron chi connectivity index (χ4n) is 5.30. The van der Waals surface area contributed by atoms with Crippen LogP contribution < -0.4 is 0 Å². The number of hydrazone groups is 1. The lowest BCUT2D eigenvalue weighted by molar-refractivity contribution is -0.131. The predicted molar refractivity (Wildman–Crippen MR) is 142 cm³/mol. The molecule has 1 fully saturated rings. The first-order valence-electron chi connectivity index (χ1n) is 12.3. The number of allylic oxidation sites excluding steroid dienone is 1. The Labute approximate surface area is 214 Å². The van der Waals surface area contributed by atoms with Gasteiger partial charge in [0.15, 0.2) is 0 Å². The van der Waals surface area contributed by atoms with E-state index in [1.807, 2.05) is 24.3 Å². The minimum Gasteiger partial charge on any atom is -0.467 e. The molecule has 1 aliphatic heterocycles. The van der Waals surface area contributed by atoms with E-state index in [1.165, 1.54) is 11.8 Å². The molecule has 6 rings (SSSR count). The minimum atomic E-state index is -0.239. The van der Waals surface area contributed by atoms with Gasteiger partial charge in [-0.3, -0.25) is 4.79 Å². The zero-order valence-corrected chi connectivity index (χ0v) is 21.1. The maximum atomic E-state index is 13.6. The summed E-state index contributed by atoms with van der Waals surface area (Å²) in [5, 5.41) is 8.54. The van der Waals surface area contributed by atoms with Crippen LogP contribution in [0.2, 0.25) is 0 Å². The van der Waals surface area contributed by atoms with Crippen LogP contribution in [0.4, 0.5) is 0 Å². The Morgan fingerprint density at radius 1 is 1.11 bits per heavy atom. The third-order valence-electron chi connectivity index (χ3n) is 7.02. The van der Waals surface area contributed by atoms with E-state index < -0.39 is 0 Å². The van der Waals surface area contributed by atoms with Gasteiger partial charge in [0.25, 0.3) is 5.91 Å². The number of hydrogen-bond acceptors (Lipinski definition) is 6. The maximum Gasteiger partial charge on any atom is 0.253 e. The van der Waals surface area contributed by atoms with Crippen LogP contribution in [0, 0.1) is 19.8 Å². The number of carbonyl (C=O) groups is 1. The quantitative estimate of drug-likeness (QED) is 0.279. The van der Waals surface area contributed by atoms with Crippen molar-refractivity contribution in [1.29, 1.82) is 0 Å². The number of aromatic nitrogens is 1. The van der Waals surface area contributed by atoms with Gasteiger partial charge in [-0.25, -0.2) is 9.99 Å². The number of furan rings is 2. The Morgan fingerprint density at radius 2 is 1.97 bits per heavy atom. The van der Waals surface area contributed by atoms with E-state index in [4.69, 9.17) is 18.9 Å². The molecule has 1 amide bonds. The standard InChI is InChI=1S/C29H27N3O3S/c1-18-7-3-10-22-19(2)15-25(30-27(18)22)36-17-26(33)32-29(24-12-6-14-35-24)23-11-4-8-20(28(23)31-32)16-21-9-5-13-34-21/h3,5-7,9-10,12-16,23,29H,4,8,11,17H2,1-2H3. The molecule has 3 aromatic heterocycles. The van der Waals surface area contributed by atoms with Crippen molar-refractivity contribution in [2.75, 3.05) is 5.75 Å². The number of aryl methyl sites for hydroxylation is 2. The first-order chi connectivity index (χ1) is 17.6. The molecule has 1 aliphatic carbocycles. The van der Waals surface area contributed by atoms with Gasteiger partial charge in [0, 0.05) is 11.3 Å².